The number of carbonyl (C=O) groups excluding carboxylic acids is 3. The standard InChI is InChI=1S/C103H176O16P2/c1-4-7-10-13-16-19-22-25-28-31-34-36-38-40-42-44-46-47-48-49-51-53-54-56-58-60-63-65-68-71-74-77-80-83-86-89-101(106)113-92-98(104)93-115-120(109,110)116-94-99(105)95-117-121(111,112)118-97-100(119-103(108)91-88-85-82-79-76-73-70-67-62-33-30-27-24-21-18-15-12-9-6-3)96-114-102(107)90-87-84-81-78-75-72-69-66-64-61-59-57-55-52-50-45-43-41-39-37-35-32-29-26-23-20-17-14-11-8-5-2/h7,9-10,12,16-21,25-30,34-37,40-43,62,67,73,76,98-100,104-105H,4-6,8,11,13-15,22-24,31-33,38-39,44-61,63-66,68-72,74-75,77-97H2,1-3H3,(H,109,110)(H,111,112)/b10-7-,12-9-,19-16-,20-17-,21-18-,28-25-,29-26-,30-27-,36-34-,37-35-,42-40-,43-41-,67-62-,76-73-. The second-order valence-electron chi connectivity index (χ2n) is 32.1. The summed E-state index contributed by atoms with van der Waals surface area (Å²) >= 11 is 0. The summed E-state index contributed by atoms with van der Waals surface area (Å²) < 4.78 is 61.5. The lowest BCUT2D eigenvalue weighted by molar-refractivity contribution is -0.161. The Morgan fingerprint density at radius 1 is 0.240 bits per heavy atom. The minimum absolute atomic E-state index is 0.0625. The number of rotatable bonds is 91. The van der Waals surface area contributed by atoms with E-state index in [2.05, 4.69) is 191 Å². The van der Waals surface area contributed by atoms with Gasteiger partial charge in [-0.05, 0) is 154 Å². The van der Waals surface area contributed by atoms with Gasteiger partial charge in [-0.15, -0.1) is 0 Å². The van der Waals surface area contributed by atoms with Crippen molar-refractivity contribution < 1.29 is 75.8 Å². The minimum atomic E-state index is -4.95. The van der Waals surface area contributed by atoms with Crippen molar-refractivity contribution in [1.82, 2.24) is 0 Å². The van der Waals surface area contributed by atoms with Crippen molar-refractivity contribution in [3.8, 4) is 0 Å². The molecule has 0 saturated carbocycles. The Morgan fingerprint density at radius 2 is 0.438 bits per heavy atom. The molecule has 0 aliphatic carbocycles. The van der Waals surface area contributed by atoms with Crippen molar-refractivity contribution in [1.29, 1.82) is 0 Å². The smallest absolute Gasteiger partial charge is 0.463 e. The predicted molar refractivity (Wildman–Crippen MR) is 509 cm³/mol. The molecule has 0 aromatic rings. The summed E-state index contributed by atoms with van der Waals surface area (Å²) in [5, 5.41) is 20.8. The van der Waals surface area contributed by atoms with Crippen LogP contribution >= 0.6 is 15.6 Å². The molecule has 4 N–H and O–H groups in total. The molecular formula is C103H176O16P2. The van der Waals surface area contributed by atoms with Crippen molar-refractivity contribution in [3.63, 3.8) is 0 Å². The first-order valence-corrected chi connectivity index (χ1v) is 51.4. The third-order valence-corrected chi connectivity index (χ3v) is 22.3. The first-order valence-electron chi connectivity index (χ1n) is 48.4. The second-order valence-corrected chi connectivity index (χ2v) is 35.0. The number of esters is 3. The van der Waals surface area contributed by atoms with E-state index in [0.29, 0.717) is 19.3 Å². The normalized spacial score (nSPS) is 14.5. The zero-order chi connectivity index (χ0) is 87.9. The number of phosphoric ester groups is 2. The minimum Gasteiger partial charge on any atom is -0.463 e. The molecule has 5 unspecified atom stereocenters. The van der Waals surface area contributed by atoms with E-state index in [1.807, 2.05) is 0 Å². The van der Waals surface area contributed by atoms with Crippen molar-refractivity contribution in [3.05, 3.63) is 170 Å². The average molecular weight is 1730 g/mol. The van der Waals surface area contributed by atoms with Crippen LogP contribution in [0.4, 0.5) is 0 Å². The van der Waals surface area contributed by atoms with E-state index < -0.39 is 91.5 Å². The third kappa shape index (κ3) is 95.4. The number of unbranched alkanes of at least 4 members (excludes halogenated alkanes) is 40. The lowest BCUT2D eigenvalue weighted by atomic mass is 10.0. The summed E-state index contributed by atoms with van der Waals surface area (Å²) in [6.45, 7) is 2.44. The van der Waals surface area contributed by atoms with Crippen molar-refractivity contribution >= 4 is 33.6 Å². The van der Waals surface area contributed by atoms with Crippen molar-refractivity contribution in [2.75, 3.05) is 39.6 Å². The van der Waals surface area contributed by atoms with Gasteiger partial charge in [0, 0.05) is 19.3 Å². The van der Waals surface area contributed by atoms with Crippen LogP contribution in [-0.2, 0) is 55.8 Å². The number of hydrogen-bond acceptors (Lipinski definition) is 14. The number of aliphatic hydroxyl groups excluding tert-OH is 2. The fraction of sp³-hybridized carbons (Fsp3) is 0.699. The maximum absolute atomic E-state index is 13.1. The Morgan fingerprint density at radius 3 is 0.702 bits per heavy atom. The van der Waals surface area contributed by atoms with Crippen LogP contribution in [0, 0.1) is 0 Å². The number of carbonyl (C=O) groups is 3. The van der Waals surface area contributed by atoms with Gasteiger partial charge in [-0.2, -0.15) is 0 Å². The van der Waals surface area contributed by atoms with E-state index in [-0.39, 0.29) is 19.3 Å². The quantitative estimate of drug-likeness (QED) is 0.0146. The Hall–Kier alpha value is -5.09. The zero-order valence-corrected chi connectivity index (χ0v) is 78.4. The highest BCUT2D eigenvalue weighted by molar-refractivity contribution is 7.47. The van der Waals surface area contributed by atoms with Gasteiger partial charge in [0.2, 0.25) is 0 Å². The van der Waals surface area contributed by atoms with Gasteiger partial charge in [0.05, 0.1) is 26.4 Å². The summed E-state index contributed by atoms with van der Waals surface area (Å²) in [5.41, 5.74) is 0. The number of aliphatic hydroxyl groups is 2. The van der Waals surface area contributed by atoms with Gasteiger partial charge in [-0.1, -0.05) is 403 Å². The summed E-state index contributed by atoms with van der Waals surface area (Å²) in [7, 11) is -9.82. The Labute approximate surface area is 739 Å². The number of phosphoric acid groups is 2. The van der Waals surface area contributed by atoms with Gasteiger partial charge < -0.3 is 34.2 Å². The van der Waals surface area contributed by atoms with E-state index in [4.69, 9.17) is 32.3 Å². The summed E-state index contributed by atoms with van der Waals surface area (Å²) in [4.78, 5) is 59.0. The first kappa shape index (κ1) is 116. The molecule has 0 fully saturated rings. The maximum Gasteiger partial charge on any atom is 0.472 e. The molecule has 0 saturated heterocycles. The predicted octanol–water partition coefficient (Wildman–Crippen LogP) is 30.2. The summed E-state index contributed by atoms with van der Waals surface area (Å²) in [6, 6.07) is 0. The van der Waals surface area contributed by atoms with Crippen molar-refractivity contribution in [2.24, 2.45) is 0 Å². The van der Waals surface area contributed by atoms with Crippen LogP contribution in [0.15, 0.2) is 170 Å². The molecule has 0 aliphatic rings. The highest BCUT2D eigenvalue weighted by atomic mass is 31.2. The fourth-order valence-electron chi connectivity index (χ4n) is 13.1. The Kier molecular flexibility index (Phi) is 90.1. The van der Waals surface area contributed by atoms with E-state index in [9.17, 15) is 43.5 Å². The number of hydrogen-bond donors (Lipinski definition) is 4. The number of allylic oxidation sites excluding steroid dienone is 28. The van der Waals surface area contributed by atoms with E-state index in [1.165, 1.54) is 199 Å². The van der Waals surface area contributed by atoms with Crippen LogP contribution in [0.1, 0.15) is 406 Å². The maximum atomic E-state index is 13.1. The topological polar surface area (TPSA) is 231 Å². The highest BCUT2D eigenvalue weighted by Crippen LogP contribution is 2.45. The van der Waals surface area contributed by atoms with Crippen LogP contribution in [-0.4, -0.2) is 95.9 Å². The van der Waals surface area contributed by atoms with Gasteiger partial charge in [0.1, 0.15) is 25.4 Å². The highest BCUT2D eigenvalue weighted by Gasteiger charge is 2.30. The monoisotopic (exact) mass is 1730 g/mol. The Bertz CT molecular complexity index is 2880. The molecule has 0 bridgehead atoms. The third-order valence-electron chi connectivity index (χ3n) is 20.4. The second kappa shape index (κ2) is 94.1. The Balaban J connectivity index is 4.51. The molecule has 0 rings (SSSR count). The van der Waals surface area contributed by atoms with Crippen LogP contribution < -0.4 is 0 Å². The fourth-order valence-corrected chi connectivity index (χ4v) is 14.7. The van der Waals surface area contributed by atoms with Gasteiger partial charge in [-0.25, -0.2) is 9.13 Å². The largest absolute Gasteiger partial charge is 0.472 e. The molecule has 5 atom stereocenters. The molecule has 0 aromatic carbocycles. The molecule has 694 valence electrons. The molecule has 121 heavy (non-hydrogen) atoms. The average Bonchev–Trinajstić information content (AvgIpc) is 0.895. The lowest BCUT2D eigenvalue weighted by Crippen LogP contribution is -2.30. The van der Waals surface area contributed by atoms with Gasteiger partial charge in [0.25, 0.3) is 0 Å². The van der Waals surface area contributed by atoms with Gasteiger partial charge >= 0.3 is 33.6 Å². The molecule has 0 amide bonds. The van der Waals surface area contributed by atoms with E-state index >= 15 is 0 Å². The molecule has 0 aliphatic heterocycles. The zero-order valence-electron chi connectivity index (χ0n) is 76.6. The van der Waals surface area contributed by atoms with Crippen molar-refractivity contribution in [2.45, 2.75) is 424 Å². The molecule has 0 heterocycles. The molecule has 18 heteroatoms. The van der Waals surface area contributed by atoms with Gasteiger partial charge in [0.15, 0.2) is 6.10 Å². The molecule has 0 radical (unpaired) electrons. The molecule has 0 spiro atoms. The summed E-state index contributed by atoms with van der Waals surface area (Å²) in [5.74, 6) is -1.60. The van der Waals surface area contributed by atoms with Gasteiger partial charge in [-0.3, -0.25) is 32.5 Å². The van der Waals surface area contributed by atoms with Crippen LogP contribution in [0.3, 0.4) is 0 Å². The first-order chi connectivity index (χ1) is 59.2. The molecular weight excluding hydrogens is 1560 g/mol. The summed E-state index contributed by atoms with van der Waals surface area (Å²) in [6.07, 6.45) is 123. The lowest BCUT2D eigenvalue weighted by Gasteiger charge is -2.21. The SMILES string of the molecule is CC/C=C\C/C=C\C/C=C\C/C=C\C/C=C\CCCCCCCCCCCCCCCCCCCCCC(=O)OCC(O)COP(=O)(O)OCC(O)COP(=O)(O)OCC(COC(=O)CCCCCCCCCCCCCCCCC/C=C\C/C=C\C/C=C\C/C=C\CCCCC)OC(=O)CCCCC/C=C\C/C=C\C/C=C\C/C=C\C/C=C\CC. The number of ether oxygens (including phenoxy) is 3. The van der Waals surface area contributed by atoms with E-state index in [1.54, 1.807) is 0 Å². The van der Waals surface area contributed by atoms with E-state index in [0.717, 1.165) is 148 Å². The van der Waals surface area contributed by atoms with Crippen LogP contribution in [0.5, 0.6) is 0 Å². The van der Waals surface area contributed by atoms with Crippen LogP contribution in [0.2, 0.25) is 0 Å². The van der Waals surface area contributed by atoms with Crippen LogP contribution in [0.25, 0.3) is 0 Å². The molecule has 16 nitrogen and oxygen atoms in total. The molecule has 0 aromatic heterocycles.